The van der Waals surface area contributed by atoms with Crippen LogP contribution >= 0.6 is 11.6 Å². The lowest BCUT2D eigenvalue weighted by Gasteiger charge is -2.05. The van der Waals surface area contributed by atoms with Gasteiger partial charge in [-0.2, -0.15) is 5.10 Å². The van der Waals surface area contributed by atoms with Crippen molar-refractivity contribution in [2.24, 2.45) is 0 Å². The highest BCUT2D eigenvalue weighted by molar-refractivity contribution is 6.31. The number of nitrogens with one attached hydrogen (secondary N) is 1. The van der Waals surface area contributed by atoms with Crippen molar-refractivity contribution in [3.8, 4) is 11.3 Å². The molecule has 0 spiro atoms. The lowest BCUT2D eigenvalue weighted by Crippen LogP contribution is -2.20. The fourth-order valence-corrected chi connectivity index (χ4v) is 3.04. The third kappa shape index (κ3) is 5.65. The molecule has 2 N–H and O–H groups in total. The van der Waals surface area contributed by atoms with E-state index in [4.69, 9.17) is 26.5 Å². The van der Waals surface area contributed by atoms with Gasteiger partial charge in [-0.25, -0.2) is 0 Å². The highest BCUT2D eigenvalue weighted by Gasteiger charge is 2.12. The summed E-state index contributed by atoms with van der Waals surface area (Å²) in [6, 6.07) is 18.0. The van der Waals surface area contributed by atoms with Crippen LogP contribution in [0.3, 0.4) is 0 Å². The monoisotopic (exact) mass is 385 g/mol. The number of aliphatic hydroxyl groups is 1. The normalized spacial score (nSPS) is 11.0. The molecule has 3 aromatic rings. The molecule has 27 heavy (non-hydrogen) atoms. The molecule has 1 heterocycles. The molecule has 2 aromatic carbocycles. The van der Waals surface area contributed by atoms with Crippen molar-refractivity contribution < 1.29 is 9.84 Å². The topological polar surface area (TPSA) is 59.3 Å². The minimum absolute atomic E-state index is 0.0486. The van der Waals surface area contributed by atoms with Crippen LogP contribution in [-0.4, -0.2) is 41.3 Å². The zero-order chi connectivity index (χ0) is 18.9. The first-order valence-corrected chi connectivity index (χ1v) is 9.40. The Morgan fingerprint density at radius 1 is 1.00 bits per heavy atom. The molecule has 0 radical (unpaired) electrons. The molecule has 1 aromatic heterocycles. The molecule has 0 amide bonds. The predicted octanol–water partition coefficient (Wildman–Crippen LogP) is 3.35. The number of hydrogen-bond acceptors (Lipinski definition) is 4. The van der Waals surface area contributed by atoms with Crippen molar-refractivity contribution in [2.45, 2.75) is 13.1 Å². The van der Waals surface area contributed by atoms with Crippen LogP contribution in [-0.2, 0) is 17.8 Å². The van der Waals surface area contributed by atoms with E-state index < -0.39 is 0 Å². The molecule has 6 heteroatoms. The van der Waals surface area contributed by atoms with Crippen LogP contribution in [0.15, 0.2) is 60.8 Å². The molecule has 5 nitrogen and oxygen atoms in total. The van der Waals surface area contributed by atoms with Crippen LogP contribution in [0.5, 0.6) is 0 Å². The Bertz CT molecular complexity index is 836. The molecule has 0 saturated carbocycles. The maximum Gasteiger partial charge on any atom is 0.0968 e. The number of halogens is 1. The molecule has 0 saturated heterocycles. The average molecular weight is 386 g/mol. The Kier molecular flexibility index (Phi) is 7.42. The summed E-state index contributed by atoms with van der Waals surface area (Å²) < 4.78 is 7.22. The fraction of sp³-hybridized carbons (Fsp3) is 0.286. The van der Waals surface area contributed by atoms with Crippen molar-refractivity contribution in [3.05, 3.63) is 76.9 Å². The van der Waals surface area contributed by atoms with Crippen LogP contribution in [0.4, 0.5) is 0 Å². The second kappa shape index (κ2) is 10.2. The Morgan fingerprint density at radius 2 is 1.78 bits per heavy atom. The van der Waals surface area contributed by atoms with E-state index in [0.29, 0.717) is 32.8 Å². The van der Waals surface area contributed by atoms with Crippen LogP contribution < -0.4 is 5.32 Å². The number of aliphatic hydroxyl groups excluding tert-OH is 1. The van der Waals surface area contributed by atoms with Gasteiger partial charge in [0.2, 0.25) is 0 Å². The summed E-state index contributed by atoms with van der Waals surface area (Å²) in [6.45, 7) is 3.01. The van der Waals surface area contributed by atoms with Gasteiger partial charge in [-0.3, -0.25) is 4.68 Å². The molecule has 0 atom stereocenters. The van der Waals surface area contributed by atoms with Crippen molar-refractivity contribution in [3.63, 3.8) is 0 Å². The summed E-state index contributed by atoms with van der Waals surface area (Å²) in [7, 11) is 0. The summed E-state index contributed by atoms with van der Waals surface area (Å²) in [6.07, 6.45) is 2.06. The quantitative estimate of drug-likeness (QED) is 0.525. The number of rotatable bonds is 10. The molecular formula is C21H24ClN3O2. The summed E-state index contributed by atoms with van der Waals surface area (Å²) in [5.74, 6) is 0. The second-order valence-corrected chi connectivity index (χ2v) is 6.58. The molecular weight excluding hydrogens is 362 g/mol. The van der Waals surface area contributed by atoms with Crippen LogP contribution in [0.25, 0.3) is 11.3 Å². The first kappa shape index (κ1) is 19.6. The van der Waals surface area contributed by atoms with Gasteiger partial charge in [-0.1, -0.05) is 60.1 Å². The molecule has 0 fully saturated rings. The molecule has 0 aliphatic carbocycles. The van der Waals surface area contributed by atoms with Gasteiger partial charge >= 0.3 is 0 Å². The fourth-order valence-electron chi connectivity index (χ4n) is 2.85. The van der Waals surface area contributed by atoms with Crippen LogP contribution in [0.2, 0.25) is 5.02 Å². The van der Waals surface area contributed by atoms with Gasteiger partial charge in [0.25, 0.3) is 0 Å². The smallest absolute Gasteiger partial charge is 0.0968 e. The summed E-state index contributed by atoms with van der Waals surface area (Å²) in [5.41, 5.74) is 4.21. The Morgan fingerprint density at radius 3 is 2.56 bits per heavy atom. The minimum Gasteiger partial charge on any atom is -0.394 e. The third-order valence-electron chi connectivity index (χ3n) is 4.15. The van der Waals surface area contributed by atoms with E-state index in [-0.39, 0.29) is 6.61 Å². The van der Waals surface area contributed by atoms with E-state index in [1.54, 1.807) is 0 Å². The predicted molar refractivity (Wildman–Crippen MR) is 108 cm³/mol. The Hall–Kier alpha value is -2.18. The van der Waals surface area contributed by atoms with Crippen molar-refractivity contribution >= 4 is 11.6 Å². The average Bonchev–Trinajstić information content (AvgIpc) is 3.10. The number of aromatic nitrogens is 2. The van der Waals surface area contributed by atoms with E-state index in [1.165, 1.54) is 0 Å². The first-order chi connectivity index (χ1) is 13.3. The van der Waals surface area contributed by atoms with Gasteiger partial charge in [0.1, 0.15) is 0 Å². The van der Waals surface area contributed by atoms with Gasteiger partial charge in [0.15, 0.2) is 0 Å². The third-order valence-corrected chi connectivity index (χ3v) is 4.52. The van der Waals surface area contributed by atoms with Gasteiger partial charge in [0, 0.05) is 35.4 Å². The maximum atomic E-state index is 8.74. The first-order valence-electron chi connectivity index (χ1n) is 9.02. The number of benzene rings is 2. The van der Waals surface area contributed by atoms with Gasteiger partial charge in [-0.05, 0) is 11.6 Å². The van der Waals surface area contributed by atoms with Crippen LogP contribution in [0, 0.1) is 0 Å². The maximum absolute atomic E-state index is 8.74. The van der Waals surface area contributed by atoms with Gasteiger partial charge < -0.3 is 15.2 Å². The largest absolute Gasteiger partial charge is 0.394 e. The molecule has 0 aliphatic rings. The van der Waals surface area contributed by atoms with E-state index in [9.17, 15) is 0 Å². The Balaban J connectivity index is 1.74. The zero-order valence-electron chi connectivity index (χ0n) is 15.1. The number of ether oxygens (including phenoxy) is 1. The van der Waals surface area contributed by atoms with E-state index in [2.05, 4.69) is 23.6 Å². The van der Waals surface area contributed by atoms with E-state index in [0.717, 1.165) is 27.4 Å². The minimum atomic E-state index is 0.0486. The van der Waals surface area contributed by atoms with E-state index >= 15 is 0 Å². The molecule has 142 valence electrons. The van der Waals surface area contributed by atoms with Crippen LogP contribution in [0.1, 0.15) is 11.1 Å². The summed E-state index contributed by atoms with van der Waals surface area (Å²) >= 11 is 6.30. The highest BCUT2D eigenvalue weighted by Crippen LogP contribution is 2.23. The Labute approximate surface area is 164 Å². The van der Waals surface area contributed by atoms with Crippen molar-refractivity contribution in [1.82, 2.24) is 15.1 Å². The lowest BCUT2D eigenvalue weighted by molar-refractivity contribution is 0.0938. The molecule has 3 rings (SSSR count). The van der Waals surface area contributed by atoms with Crippen molar-refractivity contribution in [2.75, 3.05) is 26.4 Å². The second-order valence-electron chi connectivity index (χ2n) is 6.17. The van der Waals surface area contributed by atoms with Gasteiger partial charge in [-0.15, -0.1) is 0 Å². The zero-order valence-corrected chi connectivity index (χ0v) is 15.9. The van der Waals surface area contributed by atoms with E-state index in [1.807, 2.05) is 47.1 Å². The molecule has 0 unspecified atom stereocenters. The van der Waals surface area contributed by atoms with Gasteiger partial charge in [0.05, 0.1) is 32.1 Å². The number of nitrogens with zero attached hydrogens (tertiary/aromatic N) is 2. The molecule has 0 bridgehead atoms. The summed E-state index contributed by atoms with van der Waals surface area (Å²) in [4.78, 5) is 0. The standard InChI is InChI=1S/C21H24ClN3O2/c22-20-9-5-4-8-18(20)15-25-16-19(14-23-10-12-27-13-11-26)21(24-25)17-6-2-1-3-7-17/h1-9,16,23,26H,10-15H2. The van der Waals surface area contributed by atoms with Crippen molar-refractivity contribution in [1.29, 1.82) is 0 Å². The SMILES string of the molecule is OCCOCCNCc1cn(Cc2ccccc2Cl)nc1-c1ccccc1. The highest BCUT2D eigenvalue weighted by atomic mass is 35.5. The molecule has 0 aliphatic heterocycles. The summed E-state index contributed by atoms with van der Waals surface area (Å²) in [5, 5.41) is 17.7. The number of hydrogen-bond donors (Lipinski definition) is 2. The lowest BCUT2D eigenvalue weighted by atomic mass is 10.1.